The number of nitrogens with two attached hydrogens (primary N) is 1. The summed E-state index contributed by atoms with van der Waals surface area (Å²) in [6, 6.07) is 0.624. The summed E-state index contributed by atoms with van der Waals surface area (Å²) in [7, 11) is -1.86. The van der Waals surface area contributed by atoms with Gasteiger partial charge in [-0.2, -0.15) is 4.39 Å². The van der Waals surface area contributed by atoms with Crippen LogP contribution in [0.2, 0.25) is 0 Å². The minimum atomic E-state index is -2.27. The molecular weight excluding hydrogens is 570 g/mol. The predicted molar refractivity (Wildman–Crippen MR) is 134 cm³/mol. The van der Waals surface area contributed by atoms with Gasteiger partial charge >= 0.3 is 30.9 Å². The normalized spacial score (nSPS) is 17.4. The van der Waals surface area contributed by atoms with Crippen molar-refractivity contribution in [2.24, 2.45) is 5.73 Å². The maximum atomic E-state index is 14.9. The maximum Gasteiger partial charge on any atom is 0.547 e. The first kappa shape index (κ1) is 30.1. The summed E-state index contributed by atoms with van der Waals surface area (Å²) in [4.78, 5) is 64.2. The second-order valence-corrected chi connectivity index (χ2v) is 9.27. The summed E-state index contributed by atoms with van der Waals surface area (Å²) < 4.78 is 48.6. The van der Waals surface area contributed by atoms with E-state index in [0.29, 0.717) is 4.90 Å². The Morgan fingerprint density at radius 1 is 1.14 bits per heavy atom. The summed E-state index contributed by atoms with van der Waals surface area (Å²) >= 11 is 0. The molecule has 2 aromatic rings. The zero-order valence-electron chi connectivity index (χ0n) is 21.5. The molecule has 0 aliphatic carbocycles. The lowest BCUT2D eigenvalue weighted by molar-refractivity contribution is -0.153. The lowest BCUT2D eigenvalue weighted by Gasteiger charge is -2.33. The zero-order chi connectivity index (χ0) is 30.9. The molecule has 0 bridgehead atoms. The molecule has 5 amide bonds. The van der Waals surface area contributed by atoms with E-state index in [1.54, 1.807) is 0 Å². The summed E-state index contributed by atoms with van der Waals surface area (Å²) in [5.74, 6) is -14.0. The van der Waals surface area contributed by atoms with Gasteiger partial charge in [-0.3, -0.25) is 19.3 Å². The smallest absolute Gasteiger partial charge is 0.534 e. The van der Waals surface area contributed by atoms with Gasteiger partial charge < -0.3 is 41.2 Å². The van der Waals surface area contributed by atoms with Crippen LogP contribution in [0.3, 0.4) is 0 Å². The molecule has 2 atom stereocenters. The molecule has 222 valence electrons. The number of carbonyl (C=O) groups excluding carboxylic acids is 4. The number of carboxylic acids is 1. The molecule has 1 saturated heterocycles. The van der Waals surface area contributed by atoms with Crippen molar-refractivity contribution in [1.29, 1.82) is 0 Å². The number of aromatic carboxylic acids is 1. The van der Waals surface area contributed by atoms with E-state index in [1.807, 2.05) is 5.32 Å². The highest BCUT2D eigenvalue weighted by Crippen LogP contribution is 2.32. The van der Waals surface area contributed by atoms with Gasteiger partial charge in [-0.1, -0.05) is 12.1 Å². The fraction of sp³-hybridized carbons (Fsp3) is 0.292. The molecule has 2 heterocycles. The number of para-hydroxylation sites is 1. The maximum absolute atomic E-state index is 14.9. The highest BCUT2D eigenvalue weighted by Gasteiger charge is 2.42. The number of amides is 5. The van der Waals surface area contributed by atoms with E-state index in [-0.39, 0.29) is 55.5 Å². The van der Waals surface area contributed by atoms with Crippen molar-refractivity contribution < 1.29 is 57.0 Å². The van der Waals surface area contributed by atoms with Crippen LogP contribution in [0.15, 0.2) is 24.3 Å². The number of imide groups is 1. The standard InChI is InChI=1S/C24H23BF3N5O9/c26-13-9-12(15(27)16(28)18(13)34)17(31-24(40)33-7-6-32(5-4-29)21(36)22(33)37)20(35)30-14-8-10-2-1-3-11(23(38)39)19(10)42-25(14)41/h1-3,9,14,17,34,41H,4-8,29H2,(H,30,35)(H,31,40)(H,38,39)/t14-,17-/m0/s1. The number of hydrogen-bond donors (Lipinski definition) is 6. The molecule has 0 radical (unpaired) electrons. The molecule has 0 unspecified atom stereocenters. The number of phenols is 1. The van der Waals surface area contributed by atoms with Crippen LogP contribution in [0.4, 0.5) is 18.0 Å². The van der Waals surface area contributed by atoms with Crippen molar-refractivity contribution in [3.8, 4) is 11.5 Å². The molecule has 2 aliphatic heterocycles. The number of fused-ring (bicyclic) bond motifs is 1. The van der Waals surface area contributed by atoms with Crippen molar-refractivity contribution in [3.63, 3.8) is 0 Å². The Morgan fingerprint density at radius 3 is 2.52 bits per heavy atom. The van der Waals surface area contributed by atoms with Gasteiger partial charge in [0.05, 0.1) is 11.5 Å². The third-order valence-electron chi connectivity index (χ3n) is 6.63. The molecule has 0 aromatic heterocycles. The zero-order valence-corrected chi connectivity index (χ0v) is 21.5. The first-order chi connectivity index (χ1) is 19.8. The van der Waals surface area contributed by atoms with E-state index < -0.39 is 77.6 Å². The molecule has 2 aromatic carbocycles. The van der Waals surface area contributed by atoms with E-state index in [4.69, 9.17) is 10.4 Å². The molecule has 7 N–H and O–H groups in total. The third-order valence-corrected chi connectivity index (χ3v) is 6.63. The van der Waals surface area contributed by atoms with Gasteiger partial charge in [0.1, 0.15) is 11.8 Å². The molecule has 42 heavy (non-hydrogen) atoms. The monoisotopic (exact) mass is 593 g/mol. The van der Waals surface area contributed by atoms with E-state index in [1.165, 1.54) is 18.2 Å². The van der Waals surface area contributed by atoms with Crippen LogP contribution in [0, 0.1) is 17.5 Å². The first-order valence-corrected chi connectivity index (χ1v) is 12.3. The summed E-state index contributed by atoms with van der Waals surface area (Å²) in [6.45, 7) is -0.426. The van der Waals surface area contributed by atoms with Crippen molar-refractivity contribution >= 4 is 36.8 Å². The molecule has 14 nitrogen and oxygen atoms in total. The van der Waals surface area contributed by atoms with Crippen LogP contribution in [0.25, 0.3) is 0 Å². The number of nitrogens with one attached hydrogen (secondary N) is 2. The summed E-state index contributed by atoms with van der Waals surface area (Å²) in [6.07, 6.45) is -0.221. The van der Waals surface area contributed by atoms with Gasteiger partial charge in [-0.25, -0.2) is 18.4 Å². The van der Waals surface area contributed by atoms with Crippen molar-refractivity contribution in [2.45, 2.75) is 18.4 Å². The van der Waals surface area contributed by atoms with Gasteiger partial charge in [-0.05, 0) is 24.1 Å². The largest absolute Gasteiger partial charge is 0.547 e. The van der Waals surface area contributed by atoms with Gasteiger partial charge in [-0.15, -0.1) is 0 Å². The number of urea groups is 1. The number of halogens is 3. The fourth-order valence-electron chi connectivity index (χ4n) is 4.52. The number of carbonyl (C=O) groups is 5. The van der Waals surface area contributed by atoms with E-state index in [2.05, 4.69) is 5.32 Å². The molecule has 2 aliphatic rings. The van der Waals surface area contributed by atoms with Gasteiger partial charge in [0.25, 0.3) is 0 Å². The number of rotatable bonds is 7. The Bertz CT molecular complexity index is 1480. The average molecular weight is 593 g/mol. The van der Waals surface area contributed by atoms with Crippen LogP contribution in [-0.2, 0) is 20.8 Å². The Kier molecular flexibility index (Phi) is 8.58. The van der Waals surface area contributed by atoms with E-state index in [0.717, 1.165) is 4.90 Å². The predicted octanol–water partition coefficient (Wildman–Crippen LogP) is -0.972. The molecule has 1 fully saturated rings. The second-order valence-electron chi connectivity index (χ2n) is 9.27. The molecule has 0 saturated carbocycles. The number of aromatic hydroxyl groups is 1. The van der Waals surface area contributed by atoms with Gasteiger partial charge in [0.15, 0.2) is 17.4 Å². The van der Waals surface area contributed by atoms with E-state index >= 15 is 0 Å². The van der Waals surface area contributed by atoms with E-state index in [9.17, 15) is 52.4 Å². The molecular formula is C24H23BF3N5O9. The minimum Gasteiger partial charge on any atom is -0.534 e. The van der Waals surface area contributed by atoms with Crippen LogP contribution in [0.5, 0.6) is 11.5 Å². The number of carboxylic acid groups (broad SMARTS) is 1. The van der Waals surface area contributed by atoms with Crippen molar-refractivity contribution in [2.75, 3.05) is 26.2 Å². The SMILES string of the molecule is NCCN1CCN(C(=O)N[C@H](C(=O)N[C@H]2Cc3cccc(C(=O)O)c3OB2O)c2cc(F)c(O)c(F)c2F)C(=O)C1=O. The fourth-order valence-corrected chi connectivity index (χ4v) is 4.52. The summed E-state index contributed by atoms with van der Waals surface area (Å²) in [5.41, 5.74) is 4.27. The number of hydrogen-bond acceptors (Lipinski definition) is 9. The second kappa shape index (κ2) is 12.0. The molecule has 0 spiro atoms. The van der Waals surface area contributed by atoms with Crippen molar-refractivity contribution in [3.05, 3.63) is 58.4 Å². The first-order valence-electron chi connectivity index (χ1n) is 12.3. The Labute approximate surface area is 235 Å². The number of nitrogens with zero attached hydrogens (tertiary/aromatic N) is 2. The average Bonchev–Trinajstić information content (AvgIpc) is 2.95. The Morgan fingerprint density at radius 2 is 1.86 bits per heavy atom. The number of piperazine rings is 1. The van der Waals surface area contributed by atoms with Gasteiger partial charge in [0.2, 0.25) is 11.7 Å². The minimum absolute atomic E-state index is 0.0191. The lowest BCUT2D eigenvalue weighted by Crippen LogP contribution is -2.60. The van der Waals surface area contributed by atoms with Crippen LogP contribution >= 0.6 is 0 Å². The molecule has 18 heteroatoms. The van der Waals surface area contributed by atoms with Gasteiger partial charge in [0, 0.05) is 31.7 Å². The van der Waals surface area contributed by atoms with Crippen molar-refractivity contribution in [1.82, 2.24) is 20.4 Å². The van der Waals surface area contributed by atoms with Crippen LogP contribution < -0.4 is 21.0 Å². The quantitative estimate of drug-likeness (QED) is 0.131. The topological polar surface area (TPSA) is 212 Å². The summed E-state index contributed by atoms with van der Waals surface area (Å²) in [5, 5.41) is 33.5. The number of benzene rings is 2. The van der Waals surface area contributed by atoms with Crippen LogP contribution in [-0.4, -0.2) is 94.0 Å². The van der Waals surface area contributed by atoms with Crippen LogP contribution in [0.1, 0.15) is 27.5 Å². The lowest BCUT2D eigenvalue weighted by atomic mass is 9.72. The molecule has 4 rings (SSSR count). The Balaban J connectivity index is 1.63. The highest BCUT2D eigenvalue weighted by atomic mass is 19.2. The highest BCUT2D eigenvalue weighted by molar-refractivity contribution is 6.47. The Hall–Kier alpha value is -4.84. The number of phenolic OH excluding ortho intramolecular Hbond substituents is 1. The third kappa shape index (κ3) is 5.66.